The number of benzene rings is 3. The van der Waals surface area contributed by atoms with Gasteiger partial charge in [0.2, 0.25) is 0 Å². The van der Waals surface area contributed by atoms with E-state index < -0.39 is 5.63 Å². The Labute approximate surface area is 192 Å². The monoisotopic (exact) mass is 438 g/mol. The zero-order chi connectivity index (χ0) is 22.8. The van der Waals surface area contributed by atoms with Crippen molar-refractivity contribution < 1.29 is 9.21 Å². The van der Waals surface area contributed by atoms with Crippen molar-refractivity contribution in [3.63, 3.8) is 0 Å². The van der Waals surface area contributed by atoms with Crippen molar-refractivity contribution in [2.75, 3.05) is 26.2 Å². The minimum atomic E-state index is -0.578. The Balaban J connectivity index is 1.37. The van der Waals surface area contributed by atoms with E-state index >= 15 is 0 Å². The average molecular weight is 439 g/mol. The fourth-order valence-electron chi connectivity index (χ4n) is 4.63. The number of carbonyl (C=O) groups excluding carboxylic acids is 1. The van der Waals surface area contributed by atoms with Gasteiger partial charge in [-0.05, 0) is 36.2 Å². The summed E-state index contributed by atoms with van der Waals surface area (Å²) in [6.07, 6.45) is 0. The van der Waals surface area contributed by atoms with Gasteiger partial charge in [-0.15, -0.1) is 0 Å². The molecule has 2 heterocycles. The highest BCUT2D eigenvalue weighted by Gasteiger charge is 2.29. The van der Waals surface area contributed by atoms with Gasteiger partial charge in [0.25, 0.3) is 5.91 Å². The van der Waals surface area contributed by atoms with Crippen LogP contribution in [0.2, 0.25) is 0 Å². The zero-order valence-corrected chi connectivity index (χ0v) is 18.6. The summed E-state index contributed by atoms with van der Waals surface area (Å²) in [6, 6.07) is 28.3. The molecule has 0 aliphatic carbocycles. The molecule has 5 nitrogen and oxygen atoms in total. The number of hydrogen-bond donors (Lipinski definition) is 0. The first-order chi connectivity index (χ1) is 16.1. The molecule has 1 saturated heterocycles. The first-order valence-electron chi connectivity index (χ1n) is 11.3. The summed E-state index contributed by atoms with van der Waals surface area (Å²) in [5, 5.41) is 0.768. The van der Waals surface area contributed by atoms with Crippen molar-refractivity contribution in [3.05, 3.63) is 118 Å². The summed E-state index contributed by atoms with van der Waals surface area (Å²) in [5.41, 5.74) is 3.54. The lowest BCUT2D eigenvalue weighted by Crippen LogP contribution is -2.50. The van der Waals surface area contributed by atoms with Gasteiger partial charge in [-0.1, -0.05) is 72.3 Å². The maximum atomic E-state index is 13.2. The van der Waals surface area contributed by atoms with Gasteiger partial charge >= 0.3 is 5.63 Å². The average Bonchev–Trinajstić information content (AvgIpc) is 2.85. The minimum Gasteiger partial charge on any atom is -0.422 e. The molecule has 1 amide bonds. The van der Waals surface area contributed by atoms with Crippen molar-refractivity contribution in [3.8, 4) is 0 Å². The Morgan fingerprint density at radius 2 is 1.42 bits per heavy atom. The van der Waals surface area contributed by atoms with Crippen LogP contribution in [0.5, 0.6) is 0 Å². The molecule has 33 heavy (non-hydrogen) atoms. The van der Waals surface area contributed by atoms with Gasteiger partial charge in [-0.2, -0.15) is 0 Å². The van der Waals surface area contributed by atoms with Crippen LogP contribution in [0.15, 0.2) is 94.1 Å². The van der Waals surface area contributed by atoms with Crippen LogP contribution in [0.1, 0.15) is 33.1 Å². The van der Waals surface area contributed by atoms with E-state index in [-0.39, 0.29) is 17.5 Å². The van der Waals surface area contributed by atoms with Crippen molar-refractivity contribution in [2.24, 2.45) is 0 Å². The van der Waals surface area contributed by atoms with Crippen molar-refractivity contribution in [1.82, 2.24) is 9.80 Å². The number of hydrogen-bond acceptors (Lipinski definition) is 4. The zero-order valence-electron chi connectivity index (χ0n) is 18.6. The third-order valence-corrected chi connectivity index (χ3v) is 6.32. The maximum absolute atomic E-state index is 13.2. The highest BCUT2D eigenvalue weighted by Crippen LogP contribution is 2.29. The molecule has 0 spiro atoms. The second-order valence-electron chi connectivity index (χ2n) is 8.54. The second kappa shape index (κ2) is 9.04. The molecule has 4 aromatic rings. The Morgan fingerprint density at radius 1 is 0.818 bits per heavy atom. The molecule has 3 aromatic carbocycles. The Kier molecular flexibility index (Phi) is 5.80. The highest BCUT2D eigenvalue weighted by atomic mass is 16.4. The summed E-state index contributed by atoms with van der Waals surface area (Å²) >= 11 is 0. The molecule has 166 valence electrons. The van der Waals surface area contributed by atoms with Crippen LogP contribution >= 0.6 is 0 Å². The van der Waals surface area contributed by atoms with Gasteiger partial charge in [0, 0.05) is 31.6 Å². The van der Waals surface area contributed by atoms with E-state index in [0.29, 0.717) is 18.7 Å². The van der Waals surface area contributed by atoms with Crippen LogP contribution in [0.4, 0.5) is 0 Å². The molecule has 1 aliphatic heterocycles. The minimum absolute atomic E-state index is 0.101. The predicted octanol–water partition coefficient (Wildman–Crippen LogP) is 4.65. The van der Waals surface area contributed by atoms with Crippen LogP contribution < -0.4 is 5.63 Å². The number of nitrogens with zero attached hydrogens (tertiary/aromatic N) is 2. The van der Waals surface area contributed by atoms with Crippen molar-refractivity contribution in [1.29, 1.82) is 0 Å². The van der Waals surface area contributed by atoms with Crippen LogP contribution in [0, 0.1) is 6.92 Å². The molecule has 0 bridgehead atoms. The molecule has 0 atom stereocenters. The standard InChI is InChI=1S/C28H26N2O3/c1-20-12-13-25-23(18-20)19-24(28(32)33-25)27(31)30-16-14-29(15-17-30)26(21-8-4-2-5-9-21)22-10-6-3-7-11-22/h2-13,18-19,26H,14-17H2,1H3. The van der Waals surface area contributed by atoms with E-state index in [1.54, 1.807) is 17.0 Å². The normalized spacial score (nSPS) is 14.7. The van der Waals surface area contributed by atoms with Crippen LogP contribution in [0.3, 0.4) is 0 Å². The summed E-state index contributed by atoms with van der Waals surface area (Å²) in [6.45, 7) is 4.53. The van der Waals surface area contributed by atoms with Crippen molar-refractivity contribution >= 4 is 16.9 Å². The third kappa shape index (κ3) is 4.32. The van der Waals surface area contributed by atoms with Gasteiger partial charge in [0.05, 0.1) is 6.04 Å². The van der Waals surface area contributed by atoms with Crippen LogP contribution in [-0.2, 0) is 0 Å². The summed E-state index contributed by atoms with van der Waals surface area (Å²) in [5.74, 6) is -0.261. The van der Waals surface area contributed by atoms with Gasteiger partial charge in [-0.25, -0.2) is 4.79 Å². The lowest BCUT2D eigenvalue weighted by Gasteiger charge is -2.39. The maximum Gasteiger partial charge on any atom is 0.349 e. The van der Waals surface area contributed by atoms with Crippen LogP contribution in [-0.4, -0.2) is 41.9 Å². The van der Waals surface area contributed by atoms with Crippen molar-refractivity contribution in [2.45, 2.75) is 13.0 Å². The molecule has 5 heteroatoms. The molecule has 0 saturated carbocycles. The fourth-order valence-corrected chi connectivity index (χ4v) is 4.63. The summed E-state index contributed by atoms with van der Waals surface area (Å²) < 4.78 is 5.42. The Morgan fingerprint density at radius 3 is 2.03 bits per heavy atom. The number of rotatable bonds is 4. The molecule has 0 radical (unpaired) electrons. The first-order valence-corrected chi connectivity index (χ1v) is 11.3. The van der Waals surface area contributed by atoms with E-state index in [4.69, 9.17) is 4.42 Å². The molecule has 1 aromatic heterocycles. The summed E-state index contributed by atoms with van der Waals surface area (Å²) in [7, 11) is 0. The predicted molar refractivity (Wildman–Crippen MR) is 129 cm³/mol. The number of fused-ring (bicyclic) bond motifs is 1. The lowest BCUT2D eigenvalue weighted by atomic mass is 9.96. The van der Waals surface area contributed by atoms with Gasteiger partial charge in [-0.3, -0.25) is 9.69 Å². The number of aryl methyl sites for hydroxylation is 1. The van der Waals surface area contributed by atoms with E-state index in [1.165, 1.54) is 11.1 Å². The van der Waals surface area contributed by atoms with E-state index in [2.05, 4.69) is 53.4 Å². The summed E-state index contributed by atoms with van der Waals surface area (Å²) in [4.78, 5) is 29.9. The van der Waals surface area contributed by atoms with Gasteiger partial charge in [0.15, 0.2) is 0 Å². The second-order valence-corrected chi connectivity index (χ2v) is 8.54. The molecular weight excluding hydrogens is 412 g/mol. The number of amides is 1. The molecule has 0 unspecified atom stereocenters. The third-order valence-electron chi connectivity index (χ3n) is 6.32. The topological polar surface area (TPSA) is 53.8 Å². The smallest absolute Gasteiger partial charge is 0.349 e. The molecule has 5 rings (SSSR count). The fraction of sp³-hybridized carbons (Fsp3) is 0.214. The lowest BCUT2D eigenvalue weighted by molar-refractivity contribution is 0.0593. The first kappa shape index (κ1) is 21.2. The SMILES string of the molecule is Cc1ccc2oc(=O)c(C(=O)N3CCN(C(c4ccccc4)c4ccccc4)CC3)cc2c1. The Bertz CT molecular complexity index is 1280. The molecular formula is C28H26N2O3. The van der Waals surface area contributed by atoms with Gasteiger partial charge < -0.3 is 9.32 Å². The number of piperazine rings is 1. The largest absolute Gasteiger partial charge is 0.422 e. The van der Waals surface area contributed by atoms with E-state index in [9.17, 15) is 9.59 Å². The number of carbonyl (C=O) groups is 1. The molecule has 1 aliphatic rings. The Hall–Kier alpha value is -3.70. The van der Waals surface area contributed by atoms with E-state index in [0.717, 1.165) is 24.0 Å². The van der Waals surface area contributed by atoms with Crippen LogP contribution in [0.25, 0.3) is 11.0 Å². The molecule has 0 N–H and O–H groups in total. The highest BCUT2D eigenvalue weighted by molar-refractivity contribution is 5.96. The quantitative estimate of drug-likeness (QED) is 0.435. The molecule has 1 fully saturated rings. The van der Waals surface area contributed by atoms with Gasteiger partial charge in [0.1, 0.15) is 11.1 Å². The van der Waals surface area contributed by atoms with E-state index in [1.807, 2.05) is 31.2 Å².